The van der Waals surface area contributed by atoms with Crippen LogP contribution in [0, 0.1) is 0 Å². The Morgan fingerprint density at radius 2 is 1.21 bits per heavy atom. The van der Waals surface area contributed by atoms with Crippen LogP contribution >= 0.6 is 0 Å². The van der Waals surface area contributed by atoms with Crippen molar-refractivity contribution < 1.29 is 56.9 Å². The third-order valence-corrected chi connectivity index (χ3v) is 4.95. The minimum absolute atomic E-state index is 0.104. The van der Waals surface area contributed by atoms with Crippen molar-refractivity contribution in [3.63, 3.8) is 0 Å². The Balaban J connectivity index is 2.47. The molecule has 29 heavy (non-hydrogen) atoms. The second-order valence-electron chi connectivity index (χ2n) is 5.58. The number of benzene rings is 2. The second kappa shape index (κ2) is 6.85. The van der Waals surface area contributed by atoms with Crippen molar-refractivity contribution in [1.82, 2.24) is 0 Å². The van der Waals surface area contributed by atoms with Crippen LogP contribution in [-0.4, -0.2) is 38.8 Å². The smallest absolute Gasteiger partial charge is 0.460 e. The van der Waals surface area contributed by atoms with E-state index < -0.39 is 39.1 Å². The van der Waals surface area contributed by atoms with E-state index >= 15 is 0 Å². The van der Waals surface area contributed by atoms with Crippen LogP contribution in [0.3, 0.4) is 0 Å². The van der Waals surface area contributed by atoms with Crippen LogP contribution in [0.25, 0.3) is 10.8 Å². The fourth-order valence-electron chi connectivity index (χ4n) is 2.08. The highest BCUT2D eigenvalue weighted by atomic mass is 32.2. The molecule has 0 aliphatic carbocycles. The molecule has 0 atom stereocenters. The molecule has 14 heteroatoms. The predicted octanol–water partition coefficient (Wildman–Crippen LogP) is 4.98. The Kier molecular flexibility index (Phi) is 5.41. The lowest BCUT2D eigenvalue weighted by atomic mass is 10.1. The zero-order valence-corrected chi connectivity index (χ0v) is 14.7. The fraction of sp³-hybridized carbons (Fsp3) is 0.333. The molecule has 0 bridgehead atoms. The maximum Gasteiger partial charge on any atom is 0.460 e. The Bertz CT molecular complexity index is 1020. The zero-order valence-electron chi connectivity index (χ0n) is 13.9. The van der Waals surface area contributed by atoms with Gasteiger partial charge < -0.3 is 8.92 Å². The minimum Gasteiger partial charge on any atom is -0.497 e. The topological polar surface area (TPSA) is 52.6 Å². The number of hydrogen-bond donors (Lipinski definition) is 0. The summed E-state index contributed by atoms with van der Waals surface area (Å²) < 4.78 is 148. The number of hydrogen-bond acceptors (Lipinski definition) is 4. The van der Waals surface area contributed by atoms with Crippen LogP contribution in [0.1, 0.15) is 0 Å². The van der Waals surface area contributed by atoms with E-state index in [-0.39, 0.29) is 11.1 Å². The summed E-state index contributed by atoms with van der Waals surface area (Å²) in [7, 11) is -5.73. The molecular formula is C15H9F9O4S. The maximum absolute atomic E-state index is 13.7. The summed E-state index contributed by atoms with van der Waals surface area (Å²) in [6.07, 6.45) is -7.16. The van der Waals surface area contributed by atoms with Crippen molar-refractivity contribution >= 4 is 20.9 Å². The van der Waals surface area contributed by atoms with Gasteiger partial charge in [-0.3, -0.25) is 0 Å². The second-order valence-corrected chi connectivity index (χ2v) is 7.16. The molecule has 0 saturated heterocycles. The molecule has 0 amide bonds. The summed E-state index contributed by atoms with van der Waals surface area (Å²) in [6, 6.07) is 6.74. The van der Waals surface area contributed by atoms with Gasteiger partial charge in [-0.25, -0.2) is 0 Å². The molecule has 0 aromatic heterocycles. The van der Waals surface area contributed by atoms with Crippen molar-refractivity contribution in [2.45, 2.75) is 23.3 Å². The van der Waals surface area contributed by atoms with Crippen LogP contribution in [0.5, 0.6) is 11.5 Å². The van der Waals surface area contributed by atoms with Gasteiger partial charge in [0.25, 0.3) is 0 Å². The number of methoxy groups -OCH3 is 1. The van der Waals surface area contributed by atoms with Crippen LogP contribution in [0.15, 0.2) is 36.4 Å². The quantitative estimate of drug-likeness (QED) is 0.455. The van der Waals surface area contributed by atoms with Crippen LogP contribution in [0.4, 0.5) is 39.5 Å². The molecule has 0 fully saturated rings. The molecule has 0 unspecified atom stereocenters. The standard InChI is InChI=1S/C15H9F9O4S/c1-27-10-4-2-8-3-5-11(7-9(8)6-10)28-29(25,26)15(23,24)13(18,19)12(16,17)14(20,21)22/h2-7H,1H3. The molecule has 2 rings (SSSR count). The maximum atomic E-state index is 13.7. The largest absolute Gasteiger partial charge is 0.497 e. The lowest BCUT2D eigenvalue weighted by molar-refractivity contribution is -0.382. The van der Waals surface area contributed by atoms with E-state index in [1.807, 2.05) is 0 Å². The van der Waals surface area contributed by atoms with Gasteiger partial charge in [-0.2, -0.15) is 47.9 Å². The number of ether oxygens (including phenoxy) is 1. The van der Waals surface area contributed by atoms with E-state index in [9.17, 15) is 47.9 Å². The molecule has 2 aromatic rings. The average molecular weight is 456 g/mol. The molecule has 0 N–H and O–H groups in total. The molecule has 0 aliphatic rings. The average Bonchev–Trinajstić information content (AvgIpc) is 2.59. The molecule has 0 heterocycles. The van der Waals surface area contributed by atoms with Gasteiger partial charge in [-0.1, -0.05) is 12.1 Å². The first kappa shape index (κ1) is 22.9. The highest BCUT2D eigenvalue weighted by Crippen LogP contribution is 2.55. The first-order valence-corrected chi connectivity index (χ1v) is 8.61. The van der Waals surface area contributed by atoms with Gasteiger partial charge in [0.2, 0.25) is 0 Å². The van der Waals surface area contributed by atoms with Gasteiger partial charge in [0, 0.05) is 0 Å². The first-order valence-electron chi connectivity index (χ1n) is 7.20. The summed E-state index contributed by atoms with van der Waals surface area (Å²) in [5.41, 5.74) is 0. The summed E-state index contributed by atoms with van der Waals surface area (Å²) in [4.78, 5) is 0. The van der Waals surface area contributed by atoms with Gasteiger partial charge in [-0.05, 0) is 35.0 Å². The number of fused-ring (bicyclic) bond motifs is 1. The van der Waals surface area contributed by atoms with E-state index in [2.05, 4.69) is 4.18 Å². The Labute approximate surface area is 156 Å². The molecule has 0 spiro atoms. The van der Waals surface area contributed by atoms with Crippen molar-refractivity contribution in [1.29, 1.82) is 0 Å². The molecular weight excluding hydrogens is 447 g/mol. The number of alkyl halides is 9. The summed E-state index contributed by atoms with van der Waals surface area (Å²) in [6.45, 7) is 0. The number of rotatable bonds is 6. The summed E-state index contributed by atoms with van der Waals surface area (Å²) in [5, 5.41) is -6.44. The molecule has 162 valence electrons. The van der Waals surface area contributed by atoms with Crippen LogP contribution < -0.4 is 8.92 Å². The SMILES string of the molecule is COc1ccc2ccc(OS(=O)(=O)C(F)(F)C(F)(F)C(F)(F)C(F)(F)F)cc2c1. The molecule has 4 nitrogen and oxygen atoms in total. The van der Waals surface area contributed by atoms with Crippen molar-refractivity contribution in [2.24, 2.45) is 0 Å². The van der Waals surface area contributed by atoms with E-state index in [1.54, 1.807) is 0 Å². The van der Waals surface area contributed by atoms with Crippen molar-refractivity contribution in [3.05, 3.63) is 36.4 Å². The minimum atomic E-state index is -7.36. The van der Waals surface area contributed by atoms with Gasteiger partial charge >= 0.3 is 33.4 Å². The molecule has 0 radical (unpaired) electrons. The molecule has 2 aromatic carbocycles. The molecule has 0 saturated carbocycles. The van der Waals surface area contributed by atoms with E-state index in [0.29, 0.717) is 11.5 Å². The number of halogens is 9. The van der Waals surface area contributed by atoms with Crippen LogP contribution in [0.2, 0.25) is 0 Å². The zero-order chi connectivity index (χ0) is 22.5. The fourth-order valence-corrected chi connectivity index (χ4v) is 2.98. The van der Waals surface area contributed by atoms with Gasteiger partial charge in [-0.15, -0.1) is 0 Å². The first-order chi connectivity index (χ1) is 13.0. The van der Waals surface area contributed by atoms with Gasteiger partial charge in [0.15, 0.2) is 0 Å². The van der Waals surface area contributed by atoms with Crippen molar-refractivity contribution in [2.75, 3.05) is 7.11 Å². The van der Waals surface area contributed by atoms with Crippen LogP contribution in [-0.2, 0) is 10.1 Å². The Hall–Kier alpha value is -2.38. The van der Waals surface area contributed by atoms with E-state index in [0.717, 1.165) is 12.1 Å². The van der Waals surface area contributed by atoms with Crippen molar-refractivity contribution in [3.8, 4) is 11.5 Å². The lowest BCUT2D eigenvalue weighted by Crippen LogP contribution is -2.63. The summed E-state index contributed by atoms with van der Waals surface area (Å²) >= 11 is 0. The third kappa shape index (κ3) is 3.65. The summed E-state index contributed by atoms with van der Waals surface area (Å²) in [5.74, 6) is -15.5. The van der Waals surface area contributed by atoms with Gasteiger partial charge in [0.1, 0.15) is 11.5 Å². The lowest BCUT2D eigenvalue weighted by Gasteiger charge is -2.32. The highest BCUT2D eigenvalue weighted by Gasteiger charge is 2.86. The molecule has 0 aliphatic heterocycles. The van der Waals surface area contributed by atoms with E-state index in [1.165, 1.54) is 25.3 Å². The van der Waals surface area contributed by atoms with Gasteiger partial charge in [0.05, 0.1) is 7.11 Å². The third-order valence-electron chi connectivity index (χ3n) is 3.65. The van der Waals surface area contributed by atoms with E-state index in [4.69, 9.17) is 4.74 Å². The normalized spacial score (nSPS) is 14.1. The Morgan fingerprint density at radius 3 is 1.69 bits per heavy atom. The highest BCUT2D eigenvalue weighted by molar-refractivity contribution is 7.88. The predicted molar refractivity (Wildman–Crippen MR) is 80.9 cm³/mol. The monoisotopic (exact) mass is 456 g/mol. The Morgan fingerprint density at radius 1 is 0.724 bits per heavy atom.